The molecule has 2 rings (SSSR count). The molecule has 0 atom stereocenters. The minimum atomic E-state index is -3.67. The summed E-state index contributed by atoms with van der Waals surface area (Å²) in [5.41, 5.74) is 0.323. The average molecular weight is 336 g/mol. The highest BCUT2D eigenvalue weighted by Gasteiger charge is 2.25. The van der Waals surface area contributed by atoms with Gasteiger partial charge >= 0.3 is 0 Å². The van der Waals surface area contributed by atoms with E-state index in [2.05, 4.69) is 0 Å². The summed E-state index contributed by atoms with van der Waals surface area (Å²) in [5.74, 6) is 0. The Bertz CT molecular complexity index is 749. The molecule has 1 aromatic heterocycles. The zero-order chi connectivity index (χ0) is 16.0. The lowest BCUT2D eigenvalue weighted by Gasteiger charge is -2.21. The number of nitrogens with zero attached hydrogens (tertiary/aromatic N) is 2. The summed E-state index contributed by atoms with van der Waals surface area (Å²) in [6.45, 7) is 0.857. The molecule has 0 saturated heterocycles. The molecule has 7 heteroatoms. The minimum absolute atomic E-state index is 0.124. The first-order valence-electron chi connectivity index (χ1n) is 6.59. The molecule has 1 heterocycles. The lowest BCUT2D eigenvalue weighted by molar-refractivity contribution is 0.177. The van der Waals surface area contributed by atoms with Crippen molar-refractivity contribution in [3.8, 4) is 6.07 Å². The molecule has 0 unspecified atom stereocenters. The lowest BCUT2D eigenvalue weighted by atomic mass is 10.2. The van der Waals surface area contributed by atoms with E-state index in [1.165, 1.54) is 34.9 Å². The number of methoxy groups -OCH3 is 1. The van der Waals surface area contributed by atoms with E-state index >= 15 is 0 Å². The fraction of sp³-hybridized carbons (Fsp3) is 0.267. The summed E-state index contributed by atoms with van der Waals surface area (Å²) in [6, 6.07) is 11.8. The second-order valence-corrected chi connectivity index (χ2v) is 7.52. The highest BCUT2D eigenvalue weighted by atomic mass is 32.2. The molecule has 0 aliphatic heterocycles. The van der Waals surface area contributed by atoms with Crippen LogP contribution in [-0.2, 0) is 21.3 Å². The van der Waals surface area contributed by atoms with Crippen LogP contribution in [0.2, 0.25) is 0 Å². The number of ether oxygens (including phenoxy) is 1. The SMILES string of the molecule is COCCN(Cc1cccs1)S(=O)(=O)c1cccc(C#N)c1. The lowest BCUT2D eigenvalue weighted by Crippen LogP contribution is -2.33. The Kier molecular flexibility index (Phi) is 5.69. The molecule has 0 N–H and O–H groups in total. The van der Waals surface area contributed by atoms with Crippen LogP contribution in [0, 0.1) is 11.3 Å². The van der Waals surface area contributed by atoms with Crippen LogP contribution < -0.4 is 0 Å². The Morgan fingerprint density at radius 2 is 2.14 bits per heavy atom. The summed E-state index contributed by atoms with van der Waals surface area (Å²) in [4.78, 5) is 1.08. The maximum atomic E-state index is 12.8. The van der Waals surface area contributed by atoms with E-state index in [4.69, 9.17) is 10.00 Å². The Morgan fingerprint density at radius 1 is 1.32 bits per heavy atom. The summed E-state index contributed by atoms with van der Waals surface area (Å²) in [7, 11) is -2.14. The second kappa shape index (κ2) is 7.51. The van der Waals surface area contributed by atoms with Gasteiger partial charge in [-0.15, -0.1) is 11.3 Å². The highest BCUT2D eigenvalue weighted by molar-refractivity contribution is 7.89. The quantitative estimate of drug-likeness (QED) is 0.779. The monoisotopic (exact) mass is 336 g/mol. The van der Waals surface area contributed by atoms with Gasteiger partial charge in [0.25, 0.3) is 0 Å². The largest absolute Gasteiger partial charge is 0.383 e. The Balaban J connectivity index is 2.33. The van der Waals surface area contributed by atoms with Crippen LogP contribution in [-0.4, -0.2) is 33.0 Å². The van der Waals surface area contributed by atoms with Crippen molar-refractivity contribution < 1.29 is 13.2 Å². The van der Waals surface area contributed by atoms with E-state index in [1.54, 1.807) is 12.1 Å². The van der Waals surface area contributed by atoms with Crippen molar-refractivity contribution in [3.05, 3.63) is 52.2 Å². The molecule has 0 amide bonds. The molecule has 0 radical (unpaired) electrons. The van der Waals surface area contributed by atoms with Crippen LogP contribution in [0.25, 0.3) is 0 Å². The van der Waals surface area contributed by atoms with Crippen molar-refractivity contribution in [2.75, 3.05) is 20.3 Å². The normalized spacial score (nSPS) is 11.5. The Labute approximate surface area is 134 Å². The third-order valence-corrected chi connectivity index (χ3v) is 5.76. The molecule has 0 spiro atoms. The van der Waals surface area contributed by atoms with Crippen LogP contribution in [0.4, 0.5) is 0 Å². The highest BCUT2D eigenvalue weighted by Crippen LogP contribution is 2.21. The van der Waals surface area contributed by atoms with E-state index in [-0.39, 0.29) is 11.4 Å². The summed E-state index contributed by atoms with van der Waals surface area (Å²) in [5, 5.41) is 10.8. The van der Waals surface area contributed by atoms with Gasteiger partial charge in [0, 0.05) is 25.1 Å². The first kappa shape index (κ1) is 16.6. The molecule has 0 aliphatic rings. The molecule has 1 aromatic carbocycles. The number of sulfonamides is 1. The van der Waals surface area contributed by atoms with Gasteiger partial charge in [0.05, 0.1) is 23.1 Å². The number of thiophene rings is 1. The third kappa shape index (κ3) is 3.93. The molecular weight excluding hydrogens is 320 g/mol. The van der Waals surface area contributed by atoms with E-state index in [0.29, 0.717) is 18.7 Å². The van der Waals surface area contributed by atoms with Gasteiger partial charge < -0.3 is 4.74 Å². The van der Waals surface area contributed by atoms with Crippen molar-refractivity contribution >= 4 is 21.4 Å². The van der Waals surface area contributed by atoms with E-state index in [9.17, 15) is 8.42 Å². The molecule has 5 nitrogen and oxygen atoms in total. The van der Waals surface area contributed by atoms with E-state index < -0.39 is 10.0 Å². The maximum Gasteiger partial charge on any atom is 0.243 e. The molecule has 22 heavy (non-hydrogen) atoms. The molecule has 116 valence electrons. The molecule has 0 fully saturated rings. The number of rotatable bonds is 7. The van der Waals surface area contributed by atoms with Crippen molar-refractivity contribution in [1.82, 2.24) is 4.31 Å². The van der Waals surface area contributed by atoms with Gasteiger partial charge in [0.1, 0.15) is 0 Å². The maximum absolute atomic E-state index is 12.8. The first-order valence-corrected chi connectivity index (χ1v) is 8.91. The van der Waals surface area contributed by atoms with Crippen molar-refractivity contribution in [1.29, 1.82) is 5.26 Å². The van der Waals surface area contributed by atoms with Crippen LogP contribution >= 0.6 is 11.3 Å². The third-order valence-electron chi connectivity index (χ3n) is 3.06. The molecule has 0 bridgehead atoms. The van der Waals surface area contributed by atoms with Gasteiger partial charge in [-0.1, -0.05) is 12.1 Å². The summed E-state index contributed by atoms with van der Waals surface area (Å²) in [6.07, 6.45) is 0. The Morgan fingerprint density at radius 3 is 2.77 bits per heavy atom. The van der Waals surface area contributed by atoms with Crippen molar-refractivity contribution in [2.45, 2.75) is 11.4 Å². The van der Waals surface area contributed by atoms with Gasteiger partial charge in [-0.2, -0.15) is 9.57 Å². The molecule has 2 aromatic rings. The molecular formula is C15H16N2O3S2. The number of hydrogen-bond donors (Lipinski definition) is 0. The number of benzene rings is 1. The van der Waals surface area contributed by atoms with Gasteiger partial charge in [-0.05, 0) is 29.6 Å². The smallest absolute Gasteiger partial charge is 0.243 e. The van der Waals surface area contributed by atoms with Crippen LogP contribution in [0.1, 0.15) is 10.4 Å². The van der Waals surface area contributed by atoms with E-state index in [0.717, 1.165) is 4.88 Å². The van der Waals surface area contributed by atoms with Gasteiger partial charge in [0.2, 0.25) is 10.0 Å². The predicted molar refractivity (Wildman–Crippen MR) is 84.9 cm³/mol. The number of nitriles is 1. The van der Waals surface area contributed by atoms with Crippen LogP contribution in [0.5, 0.6) is 0 Å². The topological polar surface area (TPSA) is 70.4 Å². The van der Waals surface area contributed by atoms with Crippen LogP contribution in [0.3, 0.4) is 0 Å². The van der Waals surface area contributed by atoms with E-state index in [1.807, 2.05) is 23.6 Å². The summed E-state index contributed by atoms with van der Waals surface area (Å²) < 4.78 is 32.0. The van der Waals surface area contributed by atoms with Crippen molar-refractivity contribution in [2.24, 2.45) is 0 Å². The fourth-order valence-electron chi connectivity index (χ4n) is 1.93. The van der Waals surface area contributed by atoms with Gasteiger partial charge in [0.15, 0.2) is 0 Å². The minimum Gasteiger partial charge on any atom is -0.383 e. The first-order chi connectivity index (χ1) is 10.6. The fourth-order valence-corrected chi connectivity index (χ4v) is 4.18. The Hall–Kier alpha value is -1.72. The summed E-state index contributed by atoms with van der Waals surface area (Å²) >= 11 is 1.50. The average Bonchev–Trinajstić information content (AvgIpc) is 3.04. The molecule has 0 saturated carbocycles. The number of hydrogen-bond acceptors (Lipinski definition) is 5. The molecule has 0 aliphatic carbocycles. The zero-order valence-electron chi connectivity index (χ0n) is 12.1. The van der Waals surface area contributed by atoms with Crippen LogP contribution in [0.15, 0.2) is 46.7 Å². The zero-order valence-corrected chi connectivity index (χ0v) is 13.7. The van der Waals surface area contributed by atoms with Crippen molar-refractivity contribution in [3.63, 3.8) is 0 Å². The predicted octanol–water partition coefficient (Wildman–Crippen LogP) is 2.46. The standard InChI is InChI=1S/C15H16N2O3S2/c1-20-8-7-17(12-14-5-3-9-21-14)22(18,19)15-6-2-4-13(10-15)11-16/h2-6,9-10H,7-8,12H2,1H3. The second-order valence-electron chi connectivity index (χ2n) is 4.55. The van der Waals surface area contributed by atoms with Gasteiger partial charge in [-0.3, -0.25) is 0 Å². The van der Waals surface area contributed by atoms with Gasteiger partial charge in [-0.25, -0.2) is 8.42 Å².